The molecule has 0 aliphatic heterocycles. The highest BCUT2D eigenvalue weighted by Crippen LogP contribution is 2.00. The Morgan fingerprint density at radius 3 is 2.25 bits per heavy atom. The number of rotatable bonds is 6. The molecule has 0 aliphatic carbocycles. The lowest BCUT2D eigenvalue weighted by molar-refractivity contribution is -0.151. The van der Waals surface area contributed by atoms with Gasteiger partial charge in [-0.15, -0.1) is 0 Å². The van der Waals surface area contributed by atoms with E-state index >= 15 is 0 Å². The summed E-state index contributed by atoms with van der Waals surface area (Å²) < 4.78 is 4.11. The van der Waals surface area contributed by atoms with E-state index in [9.17, 15) is 9.59 Å². The molecule has 0 rings (SSSR count). The molecule has 12 heavy (non-hydrogen) atoms. The Morgan fingerprint density at radius 2 is 1.92 bits per heavy atom. The van der Waals surface area contributed by atoms with Crippen molar-refractivity contribution < 1.29 is 29.6 Å². The lowest BCUT2D eigenvalue weighted by Crippen LogP contribution is -2.41. The molecule has 3 N–H and O–H groups in total. The minimum absolute atomic E-state index is 0.0214. The van der Waals surface area contributed by atoms with Crippen LogP contribution in [0.4, 0.5) is 0 Å². The maximum Gasteiger partial charge on any atom is 0.293 e. The molecule has 0 saturated heterocycles. The van der Waals surface area contributed by atoms with E-state index in [1.54, 1.807) is 0 Å². The van der Waals surface area contributed by atoms with E-state index in [0.29, 0.717) is 0 Å². The van der Waals surface area contributed by atoms with Crippen LogP contribution in [-0.2, 0) is 14.3 Å². The fourth-order valence-electron chi connectivity index (χ4n) is 0.584. The van der Waals surface area contributed by atoms with Gasteiger partial charge in [-0.3, -0.25) is 9.59 Å². The van der Waals surface area contributed by atoms with Gasteiger partial charge < -0.3 is 20.1 Å². The lowest BCUT2D eigenvalue weighted by atomic mass is 10.1. The molecule has 0 amide bonds. The van der Waals surface area contributed by atoms with Gasteiger partial charge in [0.1, 0.15) is 12.2 Å². The van der Waals surface area contributed by atoms with E-state index in [1.807, 2.05) is 0 Å². The lowest BCUT2D eigenvalue weighted by Gasteiger charge is -2.19. The summed E-state index contributed by atoms with van der Waals surface area (Å²) in [5.74, 6) is 0. The first-order valence-electron chi connectivity index (χ1n) is 3.18. The van der Waals surface area contributed by atoms with Crippen molar-refractivity contribution in [2.24, 2.45) is 0 Å². The Kier molecular flexibility index (Phi) is 5.18. The van der Waals surface area contributed by atoms with Crippen LogP contribution in [0.25, 0.3) is 0 Å². The molecule has 0 aromatic heterocycles. The van der Waals surface area contributed by atoms with Crippen molar-refractivity contribution in [3.8, 4) is 0 Å². The maximum atomic E-state index is 10.1. The van der Waals surface area contributed by atoms with Crippen LogP contribution < -0.4 is 0 Å². The number of carbonyl (C=O) groups is 2. The molecule has 0 saturated carbocycles. The number of aliphatic hydroxyl groups excluding tert-OH is 3. The fraction of sp³-hybridized carbons (Fsp3) is 0.667. The highest BCUT2D eigenvalue weighted by Gasteiger charge is 2.26. The van der Waals surface area contributed by atoms with Crippen molar-refractivity contribution in [3.05, 3.63) is 0 Å². The van der Waals surface area contributed by atoms with Gasteiger partial charge in [-0.25, -0.2) is 0 Å². The molecule has 0 radical (unpaired) electrons. The van der Waals surface area contributed by atoms with E-state index in [0.717, 1.165) is 0 Å². The van der Waals surface area contributed by atoms with Crippen LogP contribution in [0.15, 0.2) is 0 Å². The third-order valence-corrected chi connectivity index (χ3v) is 1.26. The van der Waals surface area contributed by atoms with Gasteiger partial charge in [0.15, 0.2) is 12.4 Å². The van der Waals surface area contributed by atoms with E-state index in [-0.39, 0.29) is 12.8 Å². The normalized spacial score (nSPS) is 17.6. The number of carbonyl (C=O) groups excluding carboxylic acids is 2. The van der Waals surface area contributed by atoms with Gasteiger partial charge in [-0.05, 0) is 0 Å². The molecule has 3 atom stereocenters. The molecule has 0 aromatic rings. The molecule has 0 heterocycles. The number of aldehydes is 1. The van der Waals surface area contributed by atoms with Crippen molar-refractivity contribution in [3.63, 3.8) is 0 Å². The van der Waals surface area contributed by atoms with E-state index in [2.05, 4.69) is 4.74 Å². The first kappa shape index (κ1) is 11.0. The van der Waals surface area contributed by atoms with Gasteiger partial charge in [0.25, 0.3) is 6.47 Å². The number of ether oxygens (including phenoxy) is 1. The smallest absolute Gasteiger partial charge is 0.293 e. The first-order chi connectivity index (χ1) is 5.67. The van der Waals surface area contributed by atoms with Crippen molar-refractivity contribution in [1.82, 2.24) is 0 Å². The Hall–Kier alpha value is -0.980. The zero-order valence-electron chi connectivity index (χ0n) is 6.16. The topological polar surface area (TPSA) is 104 Å². The Labute approximate surface area is 68.4 Å². The zero-order valence-corrected chi connectivity index (χ0v) is 6.16. The second-order valence-electron chi connectivity index (χ2n) is 2.07. The summed E-state index contributed by atoms with van der Waals surface area (Å²) in [4.78, 5) is 19.9. The van der Waals surface area contributed by atoms with Crippen LogP contribution in [-0.4, -0.2) is 53.0 Å². The summed E-state index contributed by atoms with van der Waals surface area (Å²) in [6.07, 6.45) is -4.37. The highest BCUT2D eigenvalue weighted by atomic mass is 16.5. The van der Waals surface area contributed by atoms with Crippen LogP contribution >= 0.6 is 0 Å². The summed E-state index contributed by atoms with van der Waals surface area (Å²) in [6.45, 7) is -0.736. The van der Waals surface area contributed by atoms with E-state index in [4.69, 9.17) is 15.3 Å². The standard InChI is InChI=1S/C6H10O6/c7-1-4(10)6(11)5(2-8)12-3-9/h2-7,10-11H,1H2/t4-,5+,6+/m1/s1. The minimum atomic E-state index is -1.60. The molecule has 0 unspecified atom stereocenters. The third-order valence-electron chi connectivity index (χ3n) is 1.26. The van der Waals surface area contributed by atoms with Crippen molar-refractivity contribution in [2.75, 3.05) is 6.61 Å². The third kappa shape index (κ3) is 2.95. The SMILES string of the molecule is O=CO[C@@H](C=O)[C@@H](O)[C@H](O)CO. The van der Waals surface area contributed by atoms with Crippen molar-refractivity contribution in [2.45, 2.75) is 18.3 Å². The summed E-state index contributed by atoms with van der Waals surface area (Å²) in [6, 6.07) is 0. The van der Waals surface area contributed by atoms with Gasteiger partial charge in [-0.2, -0.15) is 0 Å². The van der Waals surface area contributed by atoms with Crippen LogP contribution in [0.2, 0.25) is 0 Å². The summed E-state index contributed by atoms with van der Waals surface area (Å²) in [5.41, 5.74) is 0. The van der Waals surface area contributed by atoms with Crippen molar-refractivity contribution in [1.29, 1.82) is 0 Å². The van der Waals surface area contributed by atoms with E-state index < -0.39 is 24.9 Å². The van der Waals surface area contributed by atoms with Gasteiger partial charge in [0, 0.05) is 0 Å². The largest absolute Gasteiger partial charge is 0.454 e. The van der Waals surface area contributed by atoms with Gasteiger partial charge in [0.2, 0.25) is 0 Å². The zero-order chi connectivity index (χ0) is 9.56. The van der Waals surface area contributed by atoms with Crippen LogP contribution in [0.5, 0.6) is 0 Å². The van der Waals surface area contributed by atoms with E-state index in [1.165, 1.54) is 0 Å². The van der Waals surface area contributed by atoms with Crippen LogP contribution in [0.1, 0.15) is 0 Å². The predicted molar refractivity (Wildman–Crippen MR) is 36.1 cm³/mol. The second kappa shape index (κ2) is 5.64. The Morgan fingerprint density at radius 1 is 1.33 bits per heavy atom. The highest BCUT2D eigenvalue weighted by molar-refractivity contribution is 5.60. The minimum Gasteiger partial charge on any atom is -0.454 e. The molecular formula is C6H10O6. The Balaban J connectivity index is 4.08. The summed E-state index contributed by atoms with van der Waals surface area (Å²) >= 11 is 0. The van der Waals surface area contributed by atoms with Gasteiger partial charge in [0.05, 0.1) is 6.61 Å². The molecule has 0 aromatic carbocycles. The van der Waals surface area contributed by atoms with Crippen molar-refractivity contribution >= 4 is 12.8 Å². The molecular weight excluding hydrogens is 168 g/mol. The molecule has 0 spiro atoms. The van der Waals surface area contributed by atoms with Crippen LogP contribution in [0.3, 0.4) is 0 Å². The quantitative estimate of drug-likeness (QED) is 0.386. The van der Waals surface area contributed by atoms with Gasteiger partial charge in [-0.1, -0.05) is 0 Å². The number of hydrogen-bond donors (Lipinski definition) is 3. The first-order valence-corrected chi connectivity index (χ1v) is 3.18. The maximum absolute atomic E-state index is 10.1. The molecule has 6 nitrogen and oxygen atoms in total. The van der Waals surface area contributed by atoms with Crippen LogP contribution in [0, 0.1) is 0 Å². The number of hydrogen-bond acceptors (Lipinski definition) is 6. The van der Waals surface area contributed by atoms with Gasteiger partial charge >= 0.3 is 0 Å². The summed E-state index contributed by atoms with van der Waals surface area (Å²) in [7, 11) is 0. The molecule has 6 heteroatoms. The average Bonchev–Trinajstić information content (AvgIpc) is 2.11. The molecule has 0 aliphatic rings. The Bertz CT molecular complexity index is 147. The summed E-state index contributed by atoms with van der Waals surface area (Å²) in [5, 5.41) is 26.1. The average molecular weight is 178 g/mol. The predicted octanol–water partition coefficient (Wildman–Crippen LogP) is -2.56. The monoisotopic (exact) mass is 178 g/mol. The molecule has 0 fully saturated rings. The fourth-order valence-corrected chi connectivity index (χ4v) is 0.584. The molecule has 70 valence electrons. The second-order valence-corrected chi connectivity index (χ2v) is 2.07. The molecule has 0 bridgehead atoms. The number of aliphatic hydroxyl groups is 3.